The van der Waals surface area contributed by atoms with Gasteiger partial charge in [-0.1, -0.05) is 47.1 Å². The summed E-state index contributed by atoms with van der Waals surface area (Å²) in [5.74, 6) is -0.138. The molecular formula is C20H21BrN2O2. The number of aryl methyl sites for hydroxylation is 1. The van der Waals surface area contributed by atoms with E-state index in [9.17, 15) is 9.59 Å². The number of amides is 2. The van der Waals surface area contributed by atoms with Crippen LogP contribution in [-0.4, -0.2) is 35.8 Å². The van der Waals surface area contributed by atoms with Crippen molar-refractivity contribution >= 4 is 33.4 Å². The summed E-state index contributed by atoms with van der Waals surface area (Å²) in [6, 6.07) is 14.8. The Morgan fingerprint density at radius 3 is 2.64 bits per heavy atom. The Bertz CT molecular complexity index is 806. The van der Waals surface area contributed by atoms with Gasteiger partial charge in [0.05, 0.1) is 0 Å². The van der Waals surface area contributed by atoms with Crippen LogP contribution in [0.25, 0.3) is 0 Å². The first-order valence-corrected chi connectivity index (χ1v) is 9.28. The van der Waals surface area contributed by atoms with E-state index >= 15 is 0 Å². The molecule has 0 spiro atoms. The van der Waals surface area contributed by atoms with Gasteiger partial charge in [-0.3, -0.25) is 9.59 Å². The van der Waals surface area contributed by atoms with E-state index in [-0.39, 0.29) is 11.8 Å². The molecular weight excluding hydrogens is 380 g/mol. The quantitative estimate of drug-likeness (QED) is 0.783. The summed E-state index contributed by atoms with van der Waals surface area (Å²) in [6.45, 7) is 4.93. The number of halogens is 1. The minimum atomic E-state index is -0.481. The van der Waals surface area contributed by atoms with Crippen LogP contribution in [0.3, 0.4) is 0 Å². The highest BCUT2D eigenvalue weighted by atomic mass is 79.9. The molecule has 2 aromatic rings. The van der Waals surface area contributed by atoms with E-state index in [2.05, 4.69) is 22.9 Å². The fraction of sp³-hybridized carbons (Fsp3) is 0.300. The Kier molecular flexibility index (Phi) is 5.23. The van der Waals surface area contributed by atoms with Crippen molar-refractivity contribution in [3.63, 3.8) is 0 Å². The van der Waals surface area contributed by atoms with Crippen LogP contribution in [0.1, 0.15) is 29.8 Å². The predicted molar refractivity (Wildman–Crippen MR) is 103 cm³/mol. The maximum absolute atomic E-state index is 12.9. The van der Waals surface area contributed by atoms with Crippen molar-refractivity contribution in [2.24, 2.45) is 0 Å². The molecule has 0 aromatic heterocycles. The highest BCUT2D eigenvalue weighted by molar-refractivity contribution is 9.10. The Hall–Kier alpha value is -2.14. The zero-order chi connectivity index (χ0) is 18.0. The third-order valence-corrected chi connectivity index (χ3v) is 5.14. The molecule has 3 rings (SSSR count). The fourth-order valence-corrected chi connectivity index (χ4v) is 3.65. The number of anilines is 1. The predicted octanol–water partition coefficient (Wildman–Crippen LogP) is 3.89. The van der Waals surface area contributed by atoms with Crippen molar-refractivity contribution in [1.82, 2.24) is 4.90 Å². The molecule has 1 atom stereocenters. The van der Waals surface area contributed by atoms with Crippen LogP contribution < -0.4 is 4.90 Å². The molecule has 1 aliphatic rings. The van der Waals surface area contributed by atoms with Gasteiger partial charge in [0, 0.05) is 28.8 Å². The van der Waals surface area contributed by atoms with Gasteiger partial charge < -0.3 is 9.80 Å². The summed E-state index contributed by atoms with van der Waals surface area (Å²) in [6.07, 6.45) is 0.870. The molecule has 0 unspecified atom stereocenters. The summed E-state index contributed by atoms with van der Waals surface area (Å²) < 4.78 is 0.854. The van der Waals surface area contributed by atoms with Gasteiger partial charge in [0.25, 0.3) is 5.91 Å². The average molecular weight is 401 g/mol. The van der Waals surface area contributed by atoms with Gasteiger partial charge in [-0.25, -0.2) is 0 Å². The molecule has 0 aliphatic carbocycles. The second-order valence-electron chi connectivity index (χ2n) is 6.16. The fourth-order valence-electron chi connectivity index (χ4n) is 3.25. The van der Waals surface area contributed by atoms with Crippen LogP contribution in [-0.2, 0) is 11.2 Å². The first-order chi connectivity index (χ1) is 12.0. The van der Waals surface area contributed by atoms with Crippen molar-refractivity contribution in [3.8, 4) is 0 Å². The Morgan fingerprint density at radius 1 is 1.16 bits per heavy atom. The van der Waals surface area contributed by atoms with Crippen molar-refractivity contribution < 1.29 is 9.59 Å². The van der Waals surface area contributed by atoms with E-state index in [0.717, 1.165) is 22.1 Å². The van der Waals surface area contributed by atoms with Gasteiger partial charge in [0.1, 0.15) is 6.04 Å². The molecule has 5 heteroatoms. The van der Waals surface area contributed by atoms with Crippen LogP contribution in [0.15, 0.2) is 53.0 Å². The lowest BCUT2D eigenvalue weighted by atomic mass is 10.1. The molecule has 1 saturated heterocycles. The second-order valence-corrected chi connectivity index (χ2v) is 7.07. The van der Waals surface area contributed by atoms with Crippen molar-refractivity contribution in [3.05, 3.63) is 64.1 Å². The third-order valence-electron chi connectivity index (χ3n) is 4.65. The minimum Gasteiger partial charge on any atom is -0.325 e. The van der Waals surface area contributed by atoms with E-state index in [1.165, 1.54) is 0 Å². The van der Waals surface area contributed by atoms with E-state index in [4.69, 9.17) is 0 Å². The number of nitrogens with zero attached hydrogens (tertiary/aromatic N) is 2. The van der Waals surface area contributed by atoms with Gasteiger partial charge in [-0.2, -0.15) is 0 Å². The summed E-state index contributed by atoms with van der Waals surface area (Å²) in [4.78, 5) is 29.2. The number of hydrogen-bond donors (Lipinski definition) is 0. The van der Waals surface area contributed by atoms with Crippen LogP contribution in [0.4, 0.5) is 5.69 Å². The smallest absolute Gasteiger partial charge is 0.254 e. The van der Waals surface area contributed by atoms with Crippen LogP contribution in [0.5, 0.6) is 0 Å². The standard InChI is InChI=1S/C20H21BrN2O2/c1-3-15-7-4-5-10-18(15)23-12-11-22(14(2)19(23)24)20(25)16-8-6-9-17(21)13-16/h4-10,13-14H,3,11-12H2,1-2H3/t14-/m0/s1. The average Bonchev–Trinajstić information content (AvgIpc) is 2.63. The van der Waals surface area contributed by atoms with Gasteiger partial charge in [0.2, 0.25) is 5.91 Å². The molecule has 1 heterocycles. The van der Waals surface area contributed by atoms with Crippen LogP contribution in [0.2, 0.25) is 0 Å². The number of hydrogen-bond acceptors (Lipinski definition) is 2. The maximum atomic E-state index is 12.9. The highest BCUT2D eigenvalue weighted by Crippen LogP contribution is 2.26. The monoisotopic (exact) mass is 400 g/mol. The molecule has 0 bridgehead atoms. The van der Waals surface area contributed by atoms with E-state index < -0.39 is 6.04 Å². The Labute approximate surface area is 156 Å². The number of carbonyl (C=O) groups is 2. The van der Waals surface area contributed by atoms with Gasteiger partial charge in [-0.15, -0.1) is 0 Å². The lowest BCUT2D eigenvalue weighted by molar-refractivity contribution is -0.124. The van der Waals surface area contributed by atoms with E-state index in [0.29, 0.717) is 18.7 Å². The SMILES string of the molecule is CCc1ccccc1N1CCN(C(=O)c2cccc(Br)c2)[C@@H](C)C1=O. The molecule has 130 valence electrons. The molecule has 2 aromatic carbocycles. The molecule has 4 nitrogen and oxygen atoms in total. The van der Waals surface area contributed by atoms with Crippen molar-refractivity contribution in [2.45, 2.75) is 26.3 Å². The molecule has 1 aliphatic heterocycles. The van der Waals surface area contributed by atoms with Crippen molar-refractivity contribution in [2.75, 3.05) is 18.0 Å². The minimum absolute atomic E-state index is 0.0319. The summed E-state index contributed by atoms with van der Waals surface area (Å²) >= 11 is 3.39. The zero-order valence-electron chi connectivity index (χ0n) is 14.4. The number of rotatable bonds is 3. The molecule has 25 heavy (non-hydrogen) atoms. The number of carbonyl (C=O) groups excluding carboxylic acids is 2. The van der Waals surface area contributed by atoms with E-state index in [1.807, 2.05) is 41.3 Å². The Morgan fingerprint density at radius 2 is 1.92 bits per heavy atom. The lowest BCUT2D eigenvalue weighted by Crippen LogP contribution is -2.58. The summed E-state index contributed by atoms with van der Waals surface area (Å²) in [5, 5.41) is 0. The molecule has 1 fully saturated rings. The molecule has 0 N–H and O–H groups in total. The molecule has 0 saturated carbocycles. The van der Waals surface area contributed by atoms with Gasteiger partial charge in [-0.05, 0) is 43.2 Å². The second kappa shape index (κ2) is 7.40. The molecule has 0 radical (unpaired) electrons. The largest absolute Gasteiger partial charge is 0.325 e. The van der Waals surface area contributed by atoms with Crippen molar-refractivity contribution in [1.29, 1.82) is 0 Å². The third kappa shape index (κ3) is 3.47. The number of benzene rings is 2. The van der Waals surface area contributed by atoms with E-state index in [1.54, 1.807) is 24.0 Å². The maximum Gasteiger partial charge on any atom is 0.254 e. The van der Waals surface area contributed by atoms with Crippen LogP contribution in [0, 0.1) is 0 Å². The number of piperazine rings is 1. The lowest BCUT2D eigenvalue weighted by Gasteiger charge is -2.39. The number of para-hydroxylation sites is 1. The van der Waals surface area contributed by atoms with Crippen LogP contribution >= 0.6 is 15.9 Å². The first kappa shape index (κ1) is 17.7. The van der Waals surface area contributed by atoms with Gasteiger partial charge >= 0.3 is 0 Å². The zero-order valence-corrected chi connectivity index (χ0v) is 16.0. The normalized spacial score (nSPS) is 17.7. The molecule has 2 amide bonds. The summed E-state index contributed by atoms with van der Waals surface area (Å²) in [7, 11) is 0. The topological polar surface area (TPSA) is 40.6 Å². The highest BCUT2D eigenvalue weighted by Gasteiger charge is 2.35. The first-order valence-electron chi connectivity index (χ1n) is 8.48. The summed E-state index contributed by atoms with van der Waals surface area (Å²) in [5.41, 5.74) is 2.70. The Balaban J connectivity index is 1.83. The van der Waals surface area contributed by atoms with Gasteiger partial charge in [0.15, 0.2) is 0 Å².